The van der Waals surface area contributed by atoms with E-state index in [2.05, 4.69) is 4.98 Å². The van der Waals surface area contributed by atoms with E-state index >= 15 is 0 Å². The van der Waals surface area contributed by atoms with E-state index in [0.29, 0.717) is 6.42 Å². The van der Waals surface area contributed by atoms with Crippen LogP contribution in [0, 0.1) is 0 Å². The van der Waals surface area contributed by atoms with Crippen molar-refractivity contribution in [2.45, 2.75) is 25.3 Å². The van der Waals surface area contributed by atoms with Gasteiger partial charge in [0.15, 0.2) is 0 Å². The van der Waals surface area contributed by atoms with Crippen LogP contribution >= 0.6 is 12.4 Å². The van der Waals surface area contributed by atoms with Crippen LogP contribution in [0.2, 0.25) is 0 Å². The van der Waals surface area contributed by atoms with E-state index in [1.54, 1.807) is 6.20 Å². The van der Waals surface area contributed by atoms with E-state index in [-0.39, 0.29) is 24.4 Å². The van der Waals surface area contributed by atoms with E-state index in [9.17, 15) is 4.79 Å². The summed E-state index contributed by atoms with van der Waals surface area (Å²) in [5.74, 6) is 0.172. The number of nitrogen functional groups attached to an aromatic ring is 1. The van der Waals surface area contributed by atoms with Crippen molar-refractivity contribution in [1.82, 2.24) is 9.88 Å². The molecule has 0 bridgehead atoms. The van der Waals surface area contributed by atoms with Gasteiger partial charge in [0, 0.05) is 24.6 Å². The Balaban J connectivity index is 0.00000176. The van der Waals surface area contributed by atoms with E-state index in [1.807, 2.05) is 47.5 Å². The van der Waals surface area contributed by atoms with Crippen molar-refractivity contribution in [2.24, 2.45) is 0 Å². The molecule has 2 heterocycles. The summed E-state index contributed by atoms with van der Waals surface area (Å²) >= 11 is 0. The van der Waals surface area contributed by atoms with Gasteiger partial charge in [-0.05, 0) is 42.2 Å². The Labute approximate surface area is 136 Å². The van der Waals surface area contributed by atoms with Crippen LogP contribution in [0.5, 0.6) is 0 Å². The second-order valence-electron chi connectivity index (χ2n) is 5.45. The second kappa shape index (κ2) is 7.27. The normalized spacial score (nSPS) is 17.1. The minimum Gasteiger partial charge on any atom is -0.399 e. The summed E-state index contributed by atoms with van der Waals surface area (Å²) in [4.78, 5) is 18.7. The smallest absolute Gasteiger partial charge is 0.227 e. The minimum atomic E-state index is 0. The van der Waals surface area contributed by atoms with Gasteiger partial charge in [-0.15, -0.1) is 12.4 Å². The Kier molecular flexibility index (Phi) is 5.39. The average Bonchev–Trinajstić information content (AvgIpc) is 3.00. The predicted molar refractivity (Wildman–Crippen MR) is 89.7 cm³/mol. The van der Waals surface area contributed by atoms with Crippen molar-refractivity contribution in [3.63, 3.8) is 0 Å². The van der Waals surface area contributed by atoms with Crippen molar-refractivity contribution in [1.29, 1.82) is 0 Å². The number of amides is 1. The van der Waals surface area contributed by atoms with Gasteiger partial charge in [0.05, 0.1) is 12.5 Å². The summed E-state index contributed by atoms with van der Waals surface area (Å²) in [6.07, 6.45) is 6.11. The lowest BCUT2D eigenvalue weighted by molar-refractivity contribution is -0.131. The molecule has 1 amide bonds. The molecule has 1 saturated heterocycles. The monoisotopic (exact) mass is 317 g/mol. The van der Waals surface area contributed by atoms with Gasteiger partial charge in [0.2, 0.25) is 5.91 Å². The van der Waals surface area contributed by atoms with E-state index in [1.165, 1.54) is 0 Å². The highest BCUT2D eigenvalue weighted by Crippen LogP contribution is 2.31. The molecule has 1 unspecified atom stereocenters. The molecular weight excluding hydrogens is 298 g/mol. The van der Waals surface area contributed by atoms with Gasteiger partial charge in [-0.25, -0.2) is 0 Å². The molecule has 0 saturated carbocycles. The highest BCUT2D eigenvalue weighted by Gasteiger charge is 2.29. The first-order valence-electron chi connectivity index (χ1n) is 7.28. The molecule has 1 fully saturated rings. The van der Waals surface area contributed by atoms with Gasteiger partial charge in [0.1, 0.15) is 0 Å². The third-order valence-corrected chi connectivity index (χ3v) is 3.98. The Bertz CT molecular complexity index is 616. The number of likely N-dealkylation sites (tertiary alicyclic amines) is 1. The number of nitrogens with two attached hydrogens (primary N) is 1. The molecule has 4 nitrogen and oxygen atoms in total. The molecule has 0 aliphatic carbocycles. The number of hydrogen-bond acceptors (Lipinski definition) is 3. The second-order valence-corrected chi connectivity index (χ2v) is 5.45. The van der Waals surface area contributed by atoms with Crippen LogP contribution in [0.15, 0.2) is 48.8 Å². The maximum absolute atomic E-state index is 12.6. The standard InChI is InChI=1S/C17H19N3O.ClH/c18-15-7-5-13(6-8-15)11-17(21)20-10-2-4-16(20)14-3-1-9-19-12-14;/h1,3,5-9,12,16H,2,4,10-11,18H2;1H. The average molecular weight is 318 g/mol. The first kappa shape index (κ1) is 16.3. The zero-order chi connectivity index (χ0) is 14.7. The molecule has 0 spiro atoms. The molecule has 22 heavy (non-hydrogen) atoms. The van der Waals surface area contributed by atoms with Crippen molar-refractivity contribution in [3.05, 3.63) is 59.9 Å². The molecule has 1 aliphatic heterocycles. The lowest BCUT2D eigenvalue weighted by Crippen LogP contribution is -2.31. The van der Waals surface area contributed by atoms with Crippen LogP contribution in [0.1, 0.15) is 30.0 Å². The van der Waals surface area contributed by atoms with Crippen molar-refractivity contribution >= 4 is 24.0 Å². The van der Waals surface area contributed by atoms with Crippen LogP contribution in [0.25, 0.3) is 0 Å². The van der Waals surface area contributed by atoms with Crippen LogP contribution in [-0.2, 0) is 11.2 Å². The van der Waals surface area contributed by atoms with Gasteiger partial charge in [-0.3, -0.25) is 9.78 Å². The molecule has 1 aliphatic rings. The van der Waals surface area contributed by atoms with Gasteiger partial charge >= 0.3 is 0 Å². The maximum Gasteiger partial charge on any atom is 0.227 e. The van der Waals surface area contributed by atoms with Crippen molar-refractivity contribution in [2.75, 3.05) is 12.3 Å². The largest absolute Gasteiger partial charge is 0.399 e. The Morgan fingerprint density at radius 3 is 2.73 bits per heavy atom. The lowest BCUT2D eigenvalue weighted by atomic mass is 10.1. The highest BCUT2D eigenvalue weighted by atomic mass is 35.5. The number of rotatable bonds is 3. The minimum absolute atomic E-state index is 0. The van der Waals surface area contributed by atoms with Crippen LogP contribution < -0.4 is 5.73 Å². The summed E-state index contributed by atoms with van der Waals surface area (Å²) in [7, 11) is 0. The molecule has 5 heteroatoms. The zero-order valence-electron chi connectivity index (χ0n) is 12.3. The first-order valence-corrected chi connectivity index (χ1v) is 7.28. The number of carbonyl (C=O) groups is 1. The number of halogens is 1. The number of carbonyl (C=O) groups excluding carboxylic acids is 1. The third-order valence-electron chi connectivity index (χ3n) is 3.98. The summed E-state index contributed by atoms with van der Waals surface area (Å²) in [5.41, 5.74) is 8.53. The lowest BCUT2D eigenvalue weighted by Gasteiger charge is -2.25. The fourth-order valence-electron chi connectivity index (χ4n) is 2.90. The van der Waals surface area contributed by atoms with Gasteiger partial charge in [-0.2, -0.15) is 0 Å². The quantitative estimate of drug-likeness (QED) is 0.885. The Hall–Kier alpha value is -2.07. The Morgan fingerprint density at radius 2 is 2.05 bits per heavy atom. The predicted octanol–water partition coefficient (Wildman–Crippen LogP) is 2.99. The number of anilines is 1. The molecule has 2 aromatic rings. The fraction of sp³-hybridized carbons (Fsp3) is 0.294. The van der Waals surface area contributed by atoms with Crippen LogP contribution in [0.3, 0.4) is 0 Å². The fourth-order valence-corrected chi connectivity index (χ4v) is 2.90. The van der Waals surface area contributed by atoms with Gasteiger partial charge in [-0.1, -0.05) is 18.2 Å². The summed E-state index contributed by atoms with van der Waals surface area (Å²) in [6, 6.07) is 11.7. The Morgan fingerprint density at radius 1 is 1.27 bits per heavy atom. The number of benzene rings is 1. The van der Waals surface area contributed by atoms with Gasteiger partial charge in [0.25, 0.3) is 0 Å². The van der Waals surface area contributed by atoms with E-state index in [4.69, 9.17) is 5.73 Å². The maximum atomic E-state index is 12.6. The number of aromatic nitrogens is 1. The summed E-state index contributed by atoms with van der Waals surface area (Å²) in [5, 5.41) is 0. The first-order chi connectivity index (χ1) is 10.2. The molecule has 1 aromatic carbocycles. The summed E-state index contributed by atoms with van der Waals surface area (Å²) < 4.78 is 0. The van der Waals surface area contributed by atoms with Gasteiger partial charge < -0.3 is 10.6 Å². The molecule has 1 atom stereocenters. The molecule has 3 rings (SSSR count). The van der Waals surface area contributed by atoms with E-state index < -0.39 is 0 Å². The third kappa shape index (κ3) is 3.57. The molecule has 1 aromatic heterocycles. The van der Waals surface area contributed by atoms with Crippen molar-refractivity contribution < 1.29 is 4.79 Å². The molecular formula is C17H20ClN3O. The molecule has 116 valence electrons. The SMILES string of the molecule is Cl.Nc1ccc(CC(=O)N2CCCC2c2cccnc2)cc1. The topological polar surface area (TPSA) is 59.2 Å². The number of pyridine rings is 1. The highest BCUT2D eigenvalue weighted by molar-refractivity contribution is 5.85. The van der Waals surface area contributed by atoms with Crippen LogP contribution in [0.4, 0.5) is 5.69 Å². The zero-order valence-corrected chi connectivity index (χ0v) is 13.1. The number of hydrogen-bond donors (Lipinski definition) is 1. The van der Waals surface area contributed by atoms with E-state index in [0.717, 1.165) is 36.2 Å². The molecule has 0 radical (unpaired) electrons. The van der Waals surface area contributed by atoms with Crippen LogP contribution in [-0.4, -0.2) is 22.3 Å². The number of nitrogens with zero attached hydrogens (tertiary/aromatic N) is 2. The molecule has 2 N–H and O–H groups in total. The summed E-state index contributed by atoms with van der Waals surface area (Å²) in [6.45, 7) is 0.827. The van der Waals surface area contributed by atoms with Crippen molar-refractivity contribution in [3.8, 4) is 0 Å².